The van der Waals surface area contributed by atoms with Crippen LogP contribution in [0.15, 0.2) is 24.3 Å². The molecule has 2 saturated heterocycles. The largest absolute Gasteiger partial charge is 0.492 e. The Balaban J connectivity index is 0.00000420. The van der Waals surface area contributed by atoms with Crippen LogP contribution in [0.4, 0.5) is 0 Å². The van der Waals surface area contributed by atoms with Gasteiger partial charge in [-0.2, -0.15) is 0 Å². The summed E-state index contributed by atoms with van der Waals surface area (Å²) in [6, 6.07) is 6.21. The number of carbonyl (C=O) groups excluding carboxylic acids is 3. The van der Waals surface area contributed by atoms with Gasteiger partial charge in [-0.15, -0.1) is 12.4 Å². The molecule has 1 aromatic rings. The van der Waals surface area contributed by atoms with Crippen LogP contribution in [0.3, 0.4) is 0 Å². The Hall–Kier alpha value is -2.36. The van der Waals surface area contributed by atoms with Gasteiger partial charge >= 0.3 is 0 Å². The number of unbranched alkanes of at least 4 members (excludes halogenated alkanes) is 1. The third-order valence-electron chi connectivity index (χ3n) is 8.67. The maximum atomic E-state index is 13.7. The number of piperazine rings is 1. The first-order valence-electron chi connectivity index (χ1n) is 14.4. The lowest BCUT2D eigenvalue weighted by Gasteiger charge is -2.52. The van der Waals surface area contributed by atoms with Crippen LogP contribution in [0.25, 0.3) is 0 Å². The first kappa shape index (κ1) is 31.2. The quantitative estimate of drug-likeness (QED) is 0.403. The van der Waals surface area contributed by atoms with Gasteiger partial charge < -0.3 is 25.4 Å². The van der Waals surface area contributed by atoms with Crippen LogP contribution in [-0.4, -0.2) is 90.1 Å². The molecular formula is C29H45ClN4O5. The number of carbonyl (C=O) groups is 3. The predicted octanol–water partition coefficient (Wildman–Crippen LogP) is 2.75. The molecule has 1 spiro atoms. The fraction of sp³-hybridized carbons (Fsp3) is 0.690. The summed E-state index contributed by atoms with van der Waals surface area (Å²) in [7, 11) is 1.60. The molecule has 4 rings (SSSR count). The Kier molecular flexibility index (Phi) is 11.4. The van der Waals surface area contributed by atoms with Crippen molar-refractivity contribution < 1.29 is 24.2 Å². The molecule has 2 heterocycles. The molecule has 0 aromatic heterocycles. The topological polar surface area (TPSA) is 111 Å². The zero-order valence-electron chi connectivity index (χ0n) is 23.3. The summed E-state index contributed by atoms with van der Waals surface area (Å²) < 4.78 is 5.88. The van der Waals surface area contributed by atoms with Crippen LogP contribution in [0, 0.1) is 5.92 Å². The Morgan fingerprint density at radius 3 is 2.41 bits per heavy atom. The number of nitrogens with one attached hydrogen (secondary N) is 2. The fourth-order valence-electron chi connectivity index (χ4n) is 6.24. The van der Waals surface area contributed by atoms with Crippen LogP contribution < -0.4 is 15.4 Å². The summed E-state index contributed by atoms with van der Waals surface area (Å²) in [5.74, 6) is 0.415. The number of rotatable bonds is 10. The maximum Gasteiger partial charge on any atom is 0.251 e. The highest BCUT2D eigenvalue weighted by molar-refractivity contribution is 6.00. The van der Waals surface area contributed by atoms with E-state index in [-0.39, 0.29) is 36.0 Å². The number of benzene rings is 1. The molecule has 0 unspecified atom stereocenters. The normalized spacial score (nSPS) is 22.6. The average molecular weight is 565 g/mol. The fourth-order valence-corrected chi connectivity index (χ4v) is 6.24. The van der Waals surface area contributed by atoms with Gasteiger partial charge in [0.2, 0.25) is 11.8 Å². The SMILES string of the molecule is CCCCN1C(=O)[C@@H]([C@H](O)C2CCCCC2)NC(=O)C12CCN(CCOc1ccc(C(=O)NC)cc1)CC2.Cl. The molecule has 3 aliphatic rings. The van der Waals surface area contributed by atoms with E-state index in [0.29, 0.717) is 56.9 Å². The van der Waals surface area contributed by atoms with Gasteiger partial charge in [0.1, 0.15) is 23.9 Å². The molecule has 0 radical (unpaired) electrons. The van der Waals surface area contributed by atoms with E-state index < -0.39 is 17.7 Å². The molecule has 2 aliphatic heterocycles. The van der Waals surface area contributed by atoms with Crippen LogP contribution >= 0.6 is 12.4 Å². The van der Waals surface area contributed by atoms with Gasteiger partial charge in [0, 0.05) is 38.8 Å². The van der Waals surface area contributed by atoms with Crippen molar-refractivity contribution in [3.05, 3.63) is 29.8 Å². The van der Waals surface area contributed by atoms with Crippen molar-refractivity contribution in [2.24, 2.45) is 5.92 Å². The van der Waals surface area contributed by atoms with Gasteiger partial charge in [-0.05, 0) is 62.3 Å². The lowest BCUT2D eigenvalue weighted by molar-refractivity contribution is -0.166. The summed E-state index contributed by atoms with van der Waals surface area (Å²) in [5, 5.41) is 16.7. The standard InChI is InChI=1S/C29H44N4O5.ClH/c1-3-4-16-33-27(36)24(25(34)21-8-6-5-7-9-21)31-28(37)29(33)14-17-32(18-15-29)19-20-38-23-12-10-22(11-13-23)26(35)30-2;/h10-13,21,24-25,34H,3-9,14-20H2,1-2H3,(H,30,35)(H,31,37);1H/t24-,25-;/m1./s1. The number of aliphatic hydroxyl groups is 1. The number of halogens is 1. The Morgan fingerprint density at radius 1 is 1.13 bits per heavy atom. The second kappa shape index (κ2) is 14.3. The minimum atomic E-state index is -0.845. The van der Waals surface area contributed by atoms with Crippen LogP contribution in [0.1, 0.15) is 75.1 Å². The summed E-state index contributed by atoms with van der Waals surface area (Å²) in [6.07, 6.45) is 7.23. The molecule has 1 aliphatic carbocycles. The number of hydrogen-bond donors (Lipinski definition) is 3. The minimum Gasteiger partial charge on any atom is -0.492 e. The van der Waals surface area contributed by atoms with E-state index in [1.54, 1.807) is 31.3 Å². The Bertz CT molecular complexity index is 961. The smallest absolute Gasteiger partial charge is 0.251 e. The van der Waals surface area contributed by atoms with Crippen molar-refractivity contribution in [1.82, 2.24) is 20.4 Å². The van der Waals surface area contributed by atoms with E-state index >= 15 is 0 Å². The molecule has 1 saturated carbocycles. The molecule has 39 heavy (non-hydrogen) atoms. The first-order chi connectivity index (χ1) is 18.4. The van der Waals surface area contributed by atoms with E-state index in [1.165, 1.54) is 6.42 Å². The molecule has 3 amide bonds. The number of nitrogens with zero attached hydrogens (tertiary/aromatic N) is 2. The van der Waals surface area contributed by atoms with Gasteiger partial charge in [-0.3, -0.25) is 19.3 Å². The number of aliphatic hydroxyl groups excluding tert-OH is 1. The van der Waals surface area contributed by atoms with Crippen LogP contribution in [-0.2, 0) is 9.59 Å². The number of piperidine rings is 1. The molecule has 10 heteroatoms. The van der Waals surface area contributed by atoms with Crippen molar-refractivity contribution >= 4 is 30.1 Å². The lowest BCUT2D eigenvalue weighted by Crippen LogP contribution is -2.75. The average Bonchev–Trinajstić information content (AvgIpc) is 2.96. The summed E-state index contributed by atoms with van der Waals surface area (Å²) in [5.41, 5.74) is -0.259. The number of amides is 3. The molecule has 0 bridgehead atoms. The second-order valence-electron chi connectivity index (χ2n) is 11.0. The molecule has 3 N–H and O–H groups in total. The van der Waals surface area contributed by atoms with Crippen LogP contribution in [0.5, 0.6) is 5.75 Å². The third-order valence-corrected chi connectivity index (χ3v) is 8.67. The highest BCUT2D eigenvalue weighted by Gasteiger charge is 2.55. The molecule has 1 aromatic carbocycles. The Labute approximate surface area is 238 Å². The molecular weight excluding hydrogens is 520 g/mol. The summed E-state index contributed by atoms with van der Waals surface area (Å²) in [4.78, 5) is 43.1. The third kappa shape index (κ3) is 7.05. The monoisotopic (exact) mass is 564 g/mol. The van der Waals surface area contributed by atoms with Crippen molar-refractivity contribution in [2.45, 2.75) is 82.4 Å². The summed E-state index contributed by atoms with van der Waals surface area (Å²) in [6.45, 7) is 5.22. The van der Waals surface area contributed by atoms with E-state index in [1.807, 2.05) is 4.90 Å². The minimum absolute atomic E-state index is 0. The maximum absolute atomic E-state index is 13.7. The van der Waals surface area contributed by atoms with Crippen molar-refractivity contribution in [1.29, 1.82) is 0 Å². The van der Waals surface area contributed by atoms with Gasteiger partial charge in [-0.1, -0.05) is 32.6 Å². The van der Waals surface area contributed by atoms with E-state index in [2.05, 4.69) is 22.5 Å². The number of ether oxygens (including phenoxy) is 1. The van der Waals surface area contributed by atoms with Crippen molar-refractivity contribution in [2.75, 3.05) is 39.8 Å². The van der Waals surface area contributed by atoms with Gasteiger partial charge in [0.25, 0.3) is 5.91 Å². The summed E-state index contributed by atoms with van der Waals surface area (Å²) >= 11 is 0. The molecule has 9 nitrogen and oxygen atoms in total. The van der Waals surface area contributed by atoms with E-state index in [0.717, 1.165) is 38.5 Å². The predicted molar refractivity (Wildman–Crippen MR) is 152 cm³/mol. The molecule has 218 valence electrons. The highest BCUT2D eigenvalue weighted by atomic mass is 35.5. The van der Waals surface area contributed by atoms with Crippen LogP contribution in [0.2, 0.25) is 0 Å². The Morgan fingerprint density at radius 2 is 1.79 bits per heavy atom. The molecule has 2 atom stereocenters. The van der Waals surface area contributed by atoms with Crippen molar-refractivity contribution in [3.8, 4) is 5.75 Å². The lowest BCUT2D eigenvalue weighted by atomic mass is 9.78. The van der Waals surface area contributed by atoms with Gasteiger partial charge in [0.05, 0.1) is 6.10 Å². The number of likely N-dealkylation sites (tertiary alicyclic amines) is 1. The highest BCUT2D eigenvalue weighted by Crippen LogP contribution is 2.36. The zero-order chi connectivity index (χ0) is 27.1. The van der Waals surface area contributed by atoms with E-state index in [4.69, 9.17) is 4.74 Å². The van der Waals surface area contributed by atoms with Gasteiger partial charge in [-0.25, -0.2) is 0 Å². The van der Waals surface area contributed by atoms with E-state index in [9.17, 15) is 19.5 Å². The van der Waals surface area contributed by atoms with Gasteiger partial charge in [0.15, 0.2) is 0 Å². The zero-order valence-corrected chi connectivity index (χ0v) is 24.1. The second-order valence-corrected chi connectivity index (χ2v) is 11.0. The number of hydrogen-bond acceptors (Lipinski definition) is 6. The first-order valence-corrected chi connectivity index (χ1v) is 14.4. The molecule has 3 fully saturated rings. The van der Waals surface area contributed by atoms with Crippen molar-refractivity contribution in [3.63, 3.8) is 0 Å².